The van der Waals surface area contributed by atoms with E-state index in [9.17, 15) is 10.1 Å². The second-order valence-electron chi connectivity index (χ2n) is 2.63. The molecule has 1 aromatic carbocycles. The van der Waals surface area contributed by atoms with Gasteiger partial charge in [-0.1, -0.05) is 0 Å². The first kappa shape index (κ1) is 9.98. The van der Waals surface area contributed by atoms with Crippen LogP contribution in [-0.2, 0) is 0 Å². The fourth-order valence-corrected chi connectivity index (χ4v) is 1.82. The summed E-state index contributed by atoms with van der Waals surface area (Å²) in [5.74, 6) is 0. The van der Waals surface area contributed by atoms with Crippen LogP contribution < -0.4 is 5.32 Å². The molecule has 0 atom stereocenters. The quantitative estimate of drug-likeness (QED) is 0.643. The number of nitrogens with one attached hydrogen (secondary N) is 1. The van der Waals surface area contributed by atoms with E-state index in [1.807, 2.05) is 0 Å². The minimum atomic E-state index is -0.390. The molecule has 1 aromatic rings. The lowest BCUT2D eigenvalue weighted by molar-refractivity contribution is -0.386. The number of hydrogen-bond donors (Lipinski definition) is 1. The fraction of sp³-hybridized carbons (Fsp3) is 0.250. The number of rotatable bonds is 2. The number of halogens is 1. The Bertz CT molecular complexity index is 329. The highest BCUT2D eigenvalue weighted by Gasteiger charge is 2.15. The molecule has 0 aromatic heterocycles. The van der Waals surface area contributed by atoms with Crippen LogP contribution in [0.15, 0.2) is 16.6 Å². The van der Waals surface area contributed by atoms with Crippen molar-refractivity contribution in [2.24, 2.45) is 0 Å². The number of anilines is 1. The smallest absolute Gasteiger partial charge is 0.286 e. The van der Waals surface area contributed by atoms with Crippen molar-refractivity contribution >= 4 is 27.3 Å². The van der Waals surface area contributed by atoms with E-state index in [-0.39, 0.29) is 5.69 Å². The predicted octanol–water partition coefficient (Wildman–Crippen LogP) is 2.71. The van der Waals surface area contributed by atoms with E-state index in [4.69, 9.17) is 0 Å². The first-order valence-corrected chi connectivity index (χ1v) is 4.48. The Morgan fingerprint density at radius 3 is 2.54 bits per heavy atom. The molecule has 0 heterocycles. The Labute approximate surface area is 84.2 Å². The summed E-state index contributed by atoms with van der Waals surface area (Å²) in [5.41, 5.74) is 1.62. The summed E-state index contributed by atoms with van der Waals surface area (Å²) in [4.78, 5) is 10.2. The van der Waals surface area contributed by atoms with Crippen LogP contribution in [0.3, 0.4) is 0 Å². The molecule has 0 amide bonds. The summed E-state index contributed by atoms with van der Waals surface area (Å²) < 4.78 is 0.502. The molecule has 0 bridgehead atoms. The van der Waals surface area contributed by atoms with Crippen molar-refractivity contribution in [3.05, 3.63) is 32.3 Å². The van der Waals surface area contributed by atoms with Crippen LogP contribution in [0.4, 0.5) is 11.4 Å². The molecule has 0 saturated carbocycles. The molecule has 0 saturated heterocycles. The van der Waals surface area contributed by atoms with Gasteiger partial charge in [0.15, 0.2) is 0 Å². The van der Waals surface area contributed by atoms with Gasteiger partial charge in [0.2, 0.25) is 0 Å². The number of hydrogen-bond acceptors (Lipinski definition) is 3. The standard InChI is InChI=1S/C8H9BrN2O2/c1-5-3-6(10-2)4-7(9)8(5)11(12)13/h3-4,10H,1-2H3. The molecule has 1 N–H and O–H groups in total. The Morgan fingerprint density at radius 1 is 1.54 bits per heavy atom. The molecule has 0 aliphatic carbocycles. The maximum absolute atomic E-state index is 10.6. The molecule has 5 heteroatoms. The Kier molecular flexibility index (Phi) is 2.87. The summed E-state index contributed by atoms with van der Waals surface area (Å²) >= 11 is 3.16. The van der Waals surface area contributed by atoms with Crippen LogP contribution in [0.2, 0.25) is 0 Å². The van der Waals surface area contributed by atoms with E-state index in [0.717, 1.165) is 5.69 Å². The summed E-state index contributed by atoms with van der Waals surface area (Å²) in [5, 5.41) is 13.5. The lowest BCUT2D eigenvalue weighted by Crippen LogP contribution is -1.95. The van der Waals surface area contributed by atoms with Crippen molar-refractivity contribution in [1.29, 1.82) is 0 Å². The molecule has 0 fully saturated rings. The molecular weight excluding hydrogens is 236 g/mol. The number of nitrogens with zero attached hydrogens (tertiary/aromatic N) is 1. The van der Waals surface area contributed by atoms with Gasteiger partial charge in [0.05, 0.1) is 9.40 Å². The number of nitro groups is 1. The number of benzene rings is 1. The van der Waals surface area contributed by atoms with E-state index in [1.165, 1.54) is 0 Å². The van der Waals surface area contributed by atoms with Crippen LogP contribution in [0.5, 0.6) is 0 Å². The van der Waals surface area contributed by atoms with E-state index >= 15 is 0 Å². The first-order chi connectivity index (χ1) is 6.06. The topological polar surface area (TPSA) is 55.2 Å². The van der Waals surface area contributed by atoms with Crippen LogP contribution >= 0.6 is 15.9 Å². The van der Waals surface area contributed by atoms with Gasteiger partial charge in [0, 0.05) is 18.3 Å². The van der Waals surface area contributed by atoms with Gasteiger partial charge < -0.3 is 5.32 Å². The van der Waals surface area contributed by atoms with Crippen molar-refractivity contribution in [2.75, 3.05) is 12.4 Å². The Hall–Kier alpha value is -1.10. The monoisotopic (exact) mass is 244 g/mol. The predicted molar refractivity (Wildman–Crippen MR) is 55.1 cm³/mol. The van der Waals surface area contributed by atoms with Gasteiger partial charge in [-0.25, -0.2) is 0 Å². The van der Waals surface area contributed by atoms with Gasteiger partial charge in [0.25, 0.3) is 5.69 Å². The highest BCUT2D eigenvalue weighted by Crippen LogP contribution is 2.31. The first-order valence-electron chi connectivity index (χ1n) is 3.68. The third-order valence-electron chi connectivity index (χ3n) is 1.73. The summed E-state index contributed by atoms with van der Waals surface area (Å²) in [6, 6.07) is 3.42. The average Bonchev–Trinajstić information content (AvgIpc) is 2.02. The lowest BCUT2D eigenvalue weighted by Gasteiger charge is -2.04. The summed E-state index contributed by atoms with van der Waals surface area (Å²) in [6.07, 6.45) is 0. The summed E-state index contributed by atoms with van der Waals surface area (Å²) in [7, 11) is 1.77. The van der Waals surface area contributed by atoms with Gasteiger partial charge in [-0.3, -0.25) is 10.1 Å². The average molecular weight is 245 g/mol. The molecule has 13 heavy (non-hydrogen) atoms. The van der Waals surface area contributed by atoms with Crippen LogP contribution in [-0.4, -0.2) is 12.0 Å². The van der Waals surface area contributed by atoms with Crippen molar-refractivity contribution in [3.63, 3.8) is 0 Å². The highest BCUT2D eigenvalue weighted by atomic mass is 79.9. The van der Waals surface area contributed by atoms with E-state index in [2.05, 4.69) is 21.2 Å². The third kappa shape index (κ3) is 1.98. The van der Waals surface area contributed by atoms with Gasteiger partial charge >= 0.3 is 0 Å². The minimum absolute atomic E-state index is 0.124. The zero-order chi connectivity index (χ0) is 10.0. The van der Waals surface area contributed by atoms with Crippen molar-refractivity contribution in [1.82, 2.24) is 0 Å². The van der Waals surface area contributed by atoms with E-state index < -0.39 is 4.92 Å². The second kappa shape index (κ2) is 3.74. The van der Waals surface area contributed by atoms with Crippen molar-refractivity contribution in [3.8, 4) is 0 Å². The van der Waals surface area contributed by atoms with E-state index in [1.54, 1.807) is 26.1 Å². The van der Waals surface area contributed by atoms with Crippen LogP contribution in [0.1, 0.15) is 5.56 Å². The second-order valence-corrected chi connectivity index (χ2v) is 3.49. The fourth-order valence-electron chi connectivity index (χ4n) is 1.11. The molecule has 1 rings (SSSR count). The Morgan fingerprint density at radius 2 is 2.15 bits per heavy atom. The molecule has 0 aliphatic heterocycles. The van der Waals surface area contributed by atoms with Gasteiger partial charge in [-0.2, -0.15) is 0 Å². The molecule has 70 valence electrons. The van der Waals surface area contributed by atoms with Crippen LogP contribution in [0.25, 0.3) is 0 Å². The summed E-state index contributed by atoms with van der Waals surface area (Å²) in [6.45, 7) is 1.71. The largest absolute Gasteiger partial charge is 0.388 e. The maximum atomic E-state index is 10.6. The zero-order valence-electron chi connectivity index (χ0n) is 7.30. The lowest BCUT2D eigenvalue weighted by atomic mass is 10.2. The normalized spacial score (nSPS) is 9.77. The third-order valence-corrected chi connectivity index (χ3v) is 2.33. The van der Waals surface area contributed by atoms with Gasteiger partial charge in [0.1, 0.15) is 0 Å². The van der Waals surface area contributed by atoms with Gasteiger partial charge in [-0.05, 0) is 35.0 Å². The van der Waals surface area contributed by atoms with Crippen molar-refractivity contribution < 1.29 is 4.92 Å². The molecule has 0 aliphatic rings. The number of aryl methyl sites for hydroxylation is 1. The number of nitro benzene ring substituents is 1. The Balaban J connectivity index is 3.31. The van der Waals surface area contributed by atoms with E-state index in [0.29, 0.717) is 10.0 Å². The zero-order valence-corrected chi connectivity index (χ0v) is 8.88. The highest BCUT2D eigenvalue weighted by molar-refractivity contribution is 9.10. The molecule has 4 nitrogen and oxygen atoms in total. The SMILES string of the molecule is CNc1cc(C)c([N+](=O)[O-])c(Br)c1. The van der Waals surface area contributed by atoms with Crippen LogP contribution in [0, 0.1) is 17.0 Å². The molecule has 0 unspecified atom stereocenters. The maximum Gasteiger partial charge on any atom is 0.286 e. The minimum Gasteiger partial charge on any atom is -0.388 e. The van der Waals surface area contributed by atoms with Crippen molar-refractivity contribution in [2.45, 2.75) is 6.92 Å². The molecule has 0 radical (unpaired) electrons. The van der Waals surface area contributed by atoms with Gasteiger partial charge in [-0.15, -0.1) is 0 Å². The molecule has 0 spiro atoms. The molecular formula is C8H9BrN2O2.